The number of hydrogen-bond donors (Lipinski definition) is 1. The molecule has 0 aromatic heterocycles. The molecule has 3 aromatic rings. The minimum absolute atomic E-state index is 0.0612. The molecule has 0 fully saturated rings. The molecule has 0 unspecified atom stereocenters. The van der Waals surface area contributed by atoms with Crippen molar-refractivity contribution in [3.63, 3.8) is 0 Å². The Morgan fingerprint density at radius 3 is 2.60 bits per heavy atom. The van der Waals surface area contributed by atoms with Crippen molar-refractivity contribution in [2.24, 2.45) is 0 Å². The number of benzene rings is 3. The van der Waals surface area contributed by atoms with Crippen molar-refractivity contribution in [1.29, 1.82) is 5.26 Å². The van der Waals surface area contributed by atoms with E-state index in [1.807, 2.05) is 43.3 Å². The summed E-state index contributed by atoms with van der Waals surface area (Å²) >= 11 is 1.51. The third-order valence-electron chi connectivity index (χ3n) is 5.15. The van der Waals surface area contributed by atoms with Gasteiger partial charge in [0.1, 0.15) is 5.75 Å². The Morgan fingerprint density at radius 1 is 1.10 bits per heavy atom. The second kappa shape index (κ2) is 9.06. The summed E-state index contributed by atoms with van der Waals surface area (Å²) in [5.74, 6) is 1.17. The number of ether oxygens (including phenoxy) is 1. The normalized spacial score (nSPS) is 16.3. The van der Waals surface area contributed by atoms with E-state index in [4.69, 9.17) is 4.74 Å². The van der Waals surface area contributed by atoms with Crippen LogP contribution >= 0.6 is 11.8 Å². The van der Waals surface area contributed by atoms with Crippen molar-refractivity contribution in [3.05, 3.63) is 88.5 Å². The zero-order valence-corrected chi connectivity index (χ0v) is 17.5. The summed E-state index contributed by atoms with van der Waals surface area (Å²) in [5, 5.41) is 15.8. The van der Waals surface area contributed by atoms with Gasteiger partial charge in [0.2, 0.25) is 5.91 Å². The van der Waals surface area contributed by atoms with Crippen LogP contribution in [0.2, 0.25) is 0 Å². The fraction of sp³-hybridized carbons (Fsp3) is 0.200. The largest absolute Gasteiger partial charge is 0.494 e. The lowest BCUT2D eigenvalue weighted by Gasteiger charge is -2.25. The number of allylic oxidation sites excluding steroid dienone is 1. The second-order valence-corrected chi connectivity index (χ2v) is 8.12. The van der Waals surface area contributed by atoms with Gasteiger partial charge in [-0.05, 0) is 41.0 Å². The summed E-state index contributed by atoms with van der Waals surface area (Å²) in [6, 6.07) is 24.6. The van der Waals surface area contributed by atoms with E-state index >= 15 is 0 Å². The summed E-state index contributed by atoms with van der Waals surface area (Å²) in [5.41, 5.74) is 2.72. The van der Waals surface area contributed by atoms with Crippen molar-refractivity contribution in [2.45, 2.75) is 25.0 Å². The Balaban J connectivity index is 1.57. The smallest absolute Gasteiger partial charge is 0.225 e. The topological polar surface area (TPSA) is 62.1 Å². The molecule has 4 rings (SSSR count). The number of hydrogen-bond acceptors (Lipinski definition) is 4. The molecule has 0 saturated carbocycles. The van der Waals surface area contributed by atoms with Gasteiger partial charge < -0.3 is 10.1 Å². The molecule has 0 bridgehead atoms. The molecular weight excluding hydrogens is 392 g/mol. The van der Waals surface area contributed by atoms with Crippen LogP contribution in [0.3, 0.4) is 0 Å². The first-order chi connectivity index (χ1) is 14.7. The van der Waals surface area contributed by atoms with Crippen LogP contribution in [0.15, 0.2) is 77.3 Å². The van der Waals surface area contributed by atoms with Crippen molar-refractivity contribution in [1.82, 2.24) is 5.32 Å². The van der Waals surface area contributed by atoms with Crippen LogP contribution < -0.4 is 10.1 Å². The second-order valence-electron chi connectivity index (χ2n) is 7.13. The van der Waals surface area contributed by atoms with Gasteiger partial charge in [0.15, 0.2) is 0 Å². The van der Waals surface area contributed by atoms with Gasteiger partial charge in [-0.25, -0.2) is 0 Å². The van der Waals surface area contributed by atoms with Crippen LogP contribution in [0.1, 0.15) is 30.4 Å². The molecule has 1 atom stereocenters. The molecule has 1 aliphatic heterocycles. The molecule has 1 amide bonds. The Kier molecular flexibility index (Phi) is 6.06. The number of nitrogens with zero attached hydrogens (tertiary/aromatic N) is 1. The molecular formula is C25H22N2O2S. The van der Waals surface area contributed by atoms with Crippen LogP contribution in [0.4, 0.5) is 0 Å². The van der Waals surface area contributed by atoms with Gasteiger partial charge in [-0.3, -0.25) is 4.79 Å². The van der Waals surface area contributed by atoms with E-state index in [9.17, 15) is 10.1 Å². The van der Waals surface area contributed by atoms with E-state index in [1.54, 1.807) is 0 Å². The van der Waals surface area contributed by atoms with E-state index < -0.39 is 0 Å². The highest BCUT2D eigenvalue weighted by Crippen LogP contribution is 2.37. The number of nitrogens with one attached hydrogen (secondary N) is 1. The minimum atomic E-state index is -0.237. The van der Waals surface area contributed by atoms with Gasteiger partial charge in [-0.15, -0.1) is 11.8 Å². The number of carbonyl (C=O) groups excluding carboxylic acids is 1. The van der Waals surface area contributed by atoms with Gasteiger partial charge in [-0.1, -0.05) is 54.6 Å². The minimum Gasteiger partial charge on any atom is -0.494 e. The van der Waals surface area contributed by atoms with Crippen LogP contribution in [0.5, 0.6) is 5.75 Å². The lowest BCUT2D eigenvalue weighted by Crippen LogP contribution is -2.30. The number of fused-ring (bicyclic) bond motifs is 1. The van der Waals surface area contributed by atoms with E-state index in [0.717, 1.165) is 16.9 Å². The first-order valence-corrected chi connectivity index (χ1v) is 10.9. The highest BCUT2D eigenvalue weighted by Gasteiger charge is 2.29. The molecule has 0 saturated heterocycles. The molecule has 0 radical (unpaired) electrons. The third-order valence-corrected chi connectivity index (χ3v) is 6.23. The highest BCUT2D eigenvalue weighted by molar-refractivity contribution is 8.02. The molecule has 30 heavy (non-hydrogen) atoms. The molecule has 1 N–H and O–H groups in total. The first-order valence-electron chi connectivity index (χ1n) is 9.95. The Morgan fingerprint density at radius 2 is 1.87 bits per heavy atom. The lowest BCUT2D eigenvalue weighted by atomic mass is 9.87. The Hall–Kier alpha value is -3.23. The van der Waals surface area contributed by atoms with E-state index in [0.29, 0.717) is 23.0 Å². The number of carbonyl (C=O) groups is 1. The standard InChI is InChI=1S/C25H22N2O2S/c1-2-29-21-11-9-19(10-12-21)22-14-24(28)27-25(23(22)15-26)30-16-17-7-8-18-5-3-4-6-20(18)13-17/h3-13,22H,2,14,16H2,1H3,(H,27,28)/t22-/m1/s1. The maximum atomic E-state index is 12.4. The molecule has 0 spiro atoms. The molecule has 1 heterocycles. The lowest BCUT2D eigenvalue weighted by molar-refractivity contribution is -0.120. The number of thioether (sulfide) groups is 1. The molecule has 3 aromatic carbocycles. The highest BCUT2D eigenvalue weighted by atomic mass is 32.2. The van der Waals surface area contributed by atoms with Gasteiger partial charge in [-0.2, -0.15) is 5.26 Å². The maximum absolute atomic E-state index is 12.4. The van der Waals surface area contributed by atoms with Gasteiger partial charge >= 0.3 is 0 Å². The van der Waals surface area contributed by atoms with E-state index in [1.165, 1.54) is 22.5 Å². The summed E-state index contributed by atoms with van der Waals surface area (Å²) < 4.78 is 5.50. The molecule has 5 heteroatoms. The van der Waals surface area contributed by atoms with Gasteiger partial charge in [0.05, 0.1) is 23.3 Å². The summed E-state index contributed by atoms with van der Waals surface area (Å²) in [6.45, 7) is 2.54. The van der Waals surface area contributed by atoms with Gasteiger partial charge in [0, 0.05) is 18.1 Å². The van der Waals surface area contributed by atoms with Crippen LogP contribution in [0, 0.1) is 11.3 Å². The molecule has 4 nitrogen and oxygen atoms in total. The zero-order chi connectivity index (χ0) is 20.9. The monoisotopic (exact) mass is 414 g/mol. The van der Waals surface area contributed by atoms with E-state index in [2.05, 4.69) is 41.7 Å². The van der Waals surface area contributed by atoms with Crippen molar-refractivity contribution in [2.75, 3.05) is 6.61 Å². The third kappa shape index (κ3) is 4.34. The summed E-state index contributed by atoms with van der Waals surface area (Å²) in [6.07, 6.45) is 0.275. The Bertz CT molecular complexity index is 1150. The fourth-order valence-electron chi connectivity index (χ4n) is 3.66. The average molecular weight is 415 g/mol. The first kappa shape index (κ1) is 20.1. The zero-order valence-electron chi connectivity index (χ0n) is 16.7. The Labute approximate surface area is 180 Å². The predicted molar refractivity (Wildman–Crippen MR) is 121 cm³/mol. The van der Waals surface area contributed by atoms with Crippen LogP contribution in [-0.2, 0) is 10.5 Å². The van der Waals surface area contributed by atoms with Crippen molar-refractivity contribution in [3.8, 4) is 11.8 Å². The molecule has 1 aliphatic rings. The average Bonchev–Trinajstić information content (AvgIpc) is 2.78. The van der Waals surface area contributed by atoms with Crippen molar-refractivity contribution < 1.29 is 9.53 Å². The number of nitriles is 1. The molecule has 0 aliphatic carbocycles. The SMILES string of the molecule is CCOc1ccc([C@H]2CC(=O)NC(SCc3ccc4ccccc4c3)=C2C#N)cc1. The van der Waals surface area contributed by atoms with Crippen molar-refractivity contribution >= 4 is 28.4 Å². The summed E-state index contributed by atoms with van der Waals surface area (Å²) in [7, 11) is 0. The van der Waals surface area contributed by atoms with E-state index in [-0.39, 0.29) is 18.2 Å². The number of rotatable bonds is 6. The summed E-state index contributed by atoms with van der Waals surface area (Å²) in [4.78, 5) is 12.4. The predicted octanol–water partition coefficient (Wildman–Crippen LogP) is 5.51. The quantitative estimate of drug-likeness (QED) is 0.578. The van der Waals surface area contributed by atoms with Crippen LogP contribution in [-0.4, -0.2) is 12.5 Å². The number of amides is 1. The molecule has 150 valence electrons. The van der Waals surface area contributed by atoms with Gasteiger partial charge in [0.25, 0.3) is 0 Å². The fourth-order valence-corrected chi connectivity index (χ4v) is 4.68. The van der Waals surface area contributed by atoms with Crippen LogP contribution in [0.25, 0.3) is 10.8 Å². The maximum Gasteiger partial charge on any atom is 0.225 e.